The van der Waals surface area contributed by atoms with Crippen LogP contribution in [-0.2, 0) is 16.6 Å². The summed E-state index contributed by atoms with van der Waals surface area (Å²) in [7, 11) is 1.64. The summed E-state index contributed by atoms with van der Waals surface area (Å²) in [5.41, 5.74) is 0.607. The molecule has 3 fully saturated rings. The van der Waals surface area contributed by atoms with Crippen molar-refractivity contribution in [3.63, 3.8) is 0 Å². The van der Waals surface area contributed by atoms with Crippen molar-refractivity contribution in [2.45, 2.75) is 61.7 Å². The maximum Gasteiger partial charge on any atom is 0.162 e. The maximum atomic E-state index is 12.5. The van der Waals surface area contributed by atoms with Crippen LogP contribution in [0.2, 0.25) is 0 Å². The monoisotopic (exact) mass is 357 g/mol. The van der Waals surface area contributed by atoms with Crippen molar-refractivity contribution in [2.75, 3.05) is 20.2 Å². The number of carbonyl (C=O) groups is 1. The number of carbonyl (C=O) groups excluding carboxylic acids is 1. The van der Waals surface area contributed by atoms with Gasteiger partial charge >= 0.3 is 0 Å². The van der Waals surface area contributed by atoms with Crippen molar-refractivity contribution in [1.82, 2.24) is 4.90 Å². The minimum atomic E-state index is -1.06. The number of hydrogen-bond donors (Lipinski definition) is 2. The molecular formula is C21H27NO4. The van der Waals surface area contributed by atoms with Crippen molar-refractivity contribution in [3.8, 4) is 5.75 Å². The molecule has 0 aromatic heterocycles. The van der Waals surface area contributed by atoms with Gasteiger partial charge in [0.25, 0.3) is 0 Å². The number of fused-ring (bicyclic) bond motifs is 1. The molecule has 0 amide bonds. The second-order valence-corrected chi connectivity index (χ2v) is 8.80. The summed E-state index contributed by atoms with van der Waals surface area (Å²) in [6, 6.07) is 6.05. The lowest BCUT2D eigenvalue weighted by Gasteiger charge is -2.64. The van der Waals surface area contributed by atoms with E-state index in [0.29, 0.717) is 0 Å². The summed E-state index contributed by atoms with van der Waals surface area (Å²) < 4.78 is 5.43. The SMILES string of the molecule is COc1ccc2c(c1)[C@]13CCN(CC4CC4)[C@H](C2)[C@]1(O)C[C@H](O)C(=O)C3. The summed E-state index contributed by atoms with van der Waals surface area (Å²) in [5, 5.41) is 22.3. The molecule has 4 atom stereocenters. The summed E-state index contributed by atoms with van der Waals surface area (Å²) in [4.78, 5) is 14.9. The molecule has 140 valence electrons. The molecule has 1 aromatic rings. The number of piperidine rings is 1. The van der Waals surface area contributed by atoms with Gasteiger partial charge in [-0.2, -0.15) is 0 Å². The van der Waals surface area contributed by atoms with Crippen molar-refractivity contribution in [1.29, 1.82) is 0 Å². The molecular weight excluding hydrogens is 330 g/mol. The molecule has 1 heterocycles. The van der Waals surface area contributed by atoms with Crippen LogP contribution in [0.5, 0.6) is 5.75 Å². The largest absolute Gasteiger partial charge is 0.497 e. The number of aliphatic hydroxyl groups is 2. The quantitative estimate of drug-likeness (QED) is 0.856. The number of aliphatic hydroxyl groups excluding tert-OH is 1. The van der Waals surface area contributed by atoms with Crippen molar-refractivity contribution in [2.24, 2.45) is 5.92 Å². The molecule has 2 saturated carbocycles. The van der Waals surface area contributed by atoms with Gasteiger partial charge in [0.1, 0.15) is 11.9 Å². The minimum Gasteiger partial charge on any atom is -0.497 e. The van der Waals surface area contributed by atoms with E-state index in [9.17, 15) is 15.0 Å². The lowest BCUT2D eigenvalue weighted by molar-refractivity contribution is -0.189. The van der Waals surface area contributed by atoms with Crippen LogP contribution in [0.25, 0.3) is 0 Å². The third kappa shape index (κ3) is 2.17. The number of benzene rings is 1. The highest BCUT2D eigenvalue weighted by Crippen LogP contribution is 2.58. The molecule has 5 heteroatoms. The molecule has 1 aliphatic heterocycles. The van der Waals surface area contributed by atoms with Crippen LogP contribution in [0.4, 0.5) is 0 Å². The van der Waals surface area contributed by atoms with Crippen LogP contribution < -0.4 is 4.74 Å². The van der Waals surface area contributed by atoms with Crippen molar-refractivity contribution >= 4 is 5.78 Å². The van der Waals surface area contributed by atoms with Gasteiger partial charge in [0, 0.05) is 30.8 Å². The van der Waals surface area contributed by atoms with E-state index in [-0.39, 0.29) is 24.7 Å². The zero-order valence-electron chi connectivity index (χ0n) is 15.3. The van der Waals surface area contributed by atoms with Crippen molar-refractivity contribution in [3.05, 3.63) is 29.3 Å². The molecule has 1 aromatic carbocycles. The number of Topliss-reactive ketones (excluding diaryl/α,β-unsaturated/α-hetero) is 1. The predicted octanol–water partition coefficient (Wildman–Crippen LogP) is 1.43. The van der Waals surface area contributed by atoms with Gasteiger partial charge in [-0.05, 0) is 61.4 Å². The Morgan fingerprint density at radius 3 is 2.88 bits per heavy atom. The van der Waals surface area contributed by atoms with Crippen LogP contribution in [0, 0.1) is 5.92 Å². The zero-order valence-corrected chi connectivity index (χ0v) is 15.3. The fourth-order valence-electron chi connectivity index (χ4n) is 5.85. The Labute approximate surface area is 154 Å². The van der Waals surface area contributed by atoms with E-state index in [2.05, 4.69) is 11.0 Å². The highest BCUT2D eigenvalue weighted by molar-refractivity contribution is 5.86. The van der Waals surface area contributed by atoms with E-state index in [4.69, 9.17) is 4.74 Å². The first-order valence-electron chi connectivity index (χ1n) is 9.81. The van der Waals surface area contributed by atoms with Crippen LogP contribution in [0.3, 0.4) is 0 Å². The molecule has 1 saturated heterocycles. The summed E-state index contributed by atoms with van der Waals surface area (Å²) >= 11 is 0. The van der Waals surface area contributed by atoms with E-state index in [1.165, 1.54) is 18.4 Å². The molecule has 2 bridgehead atoms. The topological polar surface area (TPSA) is 70.0 Å². The fraction of sp³-hybridized carbons (Fsp3) is 0.667. The van der Waals surface area contributed by atoms with Gasteiger partial charge in [-0.15, -0.1) is 0 Å². The van der Waals surface area contributed by atoms with Gasteiger partial charge in [0.15, 0.2) is 5.78 Å². The number of nitrogens with zero attached hydrogens (tertiary/aromatic N) is 1. The van der Waals surface area contributed by atoms with Crippen molar-refractivity contribution < 1.29 is 19.7 Å². The van der Waals surface area contributed by atoms with E-state index < -0.39 is 17.1 Å². The van der Waals surface area contributed by atoms with Crippen LogP contribution >= 0.6 is 0 Å². The smallest absolute Gasteiger partial charge is 0.162 e. The highest BCUT2D eigenvalue weighted by Gasteiger charge is 2.66. The minimum absolute atomic E-state index is 0.0273. The standard InChI is InChI=1S/C21H27NO4/c1-26-15-5-4-14-8-19-21(25)11-18(24)17(23)10-20(21,16(14)9-15)6-7-22(19)12-13-2-3-13/h4-5,9,13,18-19,24-25H,2-3,6-8,10-12H2,1H3/t18-,19+,20+,21+/m0/s1. The third-order valence-corrected chi connectivity index (χ3v) is 7.43. The Kier molecular flexibility index (Phi) is 3.56. The van der Waals surface area contributed by atoms with Gasteiger partial charge in [0.05, 0.1) is 12.7 Å². The normalized spacial score (nSPS) is 39.3. The average molecular weight is 357 g/mol. The number of hydrogen-bond acceptors (Lipinski definition) is 5. The summed E-state index contributed by atoms with van der Waals surface area (Å²) in [5.74, 6) is 1.37. The highest BCUT2D eigenvalue weighted by atomic mass is 16.5. The number of likely N-dealkylation sites (tertiary alicyclic amines) is 1. The fourth-order valence-corrected chi connectivity index (χ4v) is 5.85. The Hall–Kier alpha value is -1.43. The van der Waals surface area contributed by atoms with Gasteiger partial charge in [-0.25, -0.2) is 0 Å². The number of ether oxygens (including phenoxy) is 1. The lowest BCUT2D eigenvalue weighted by Crippen LogP contribution is -2.75. The molecule has 26 heavy (non-hydrogen) atoms. The van der Waals surface area contributed by atoms with Gasteiger partial charge in [0.2, 0.25) is 0 Å². The molecule has 0 unspecified atom stereocenters. The van der Waals surface area contributed by atoms with E-state index in [1.807, 2.05) is 12.1 Å². The number of methoxy groups -OCH3 is 1. The molecule has 3 aliphatic carbocycles. The summed E-state index contributed by atoms with van der Waals surface area (Å²) in [6.07, 6.45) is 3.40. The second-order valence-electron chi connectivity index (χ2n) is 8.80. The van der Waals surface area contributed by atoms with Gasteiger partial charge in [-0.1, -0.05) is 6.07 Å². The first-order valence-corrected chi connectivity index (χ1v) is 9.81. The third-order valence-electron chi connectivity index (χ3n) is 7.43. The van der Waals surface area contributed by atoms with Gasteiger partial charge < -0.3 is 14.9 Å². The van der Waals surface area contributed by atoms with Crippen LogP contribution in [0.1, 0.15) is 43.2 Å². The predicted molar refractivity (Wildman–Crippen MR) is 96.3 cm³/mol. The first kappa shape index (κ1) is 16.7. The Bertz CT molecular complexity index is 760. The van der Waals surface area contributed by atoms with E-state index in [1.54, 1.807) is 7.11 Å². The van der Waals surface area contributed by atoms with E-state index >= 15 is 0 Å². The maximum absolute atomic E-state index is 12.5. The van der Waals surface area contributed by atoms with Crippen LogP contribution in [-0.4, -0.2) is 58.8 Å². The van der Waals surface area contributed by atoms with Crippen LogP contribution in [0.15, 0.2) is 18.2 Å². The lowest BCUT2D eigenvalue weighted by atomic mass is 9.49. The molecule has 5 rings (SSSR count). The Balaban J connectivity index is 1.65. The number of ketones is 1. The molecule has 5 nitrogen and oxygen atoms in total. The number of rotatable bonds is 3. The molecule has 2 N–H and O–H groups in total. The first-order chi connectivity index (χ1) is 12.5. The Morgan fingerprint density at radius 2 is 2.15 bits per heavy atom. The molecule has 0 spiro atoms. The zero-order chi connectivity index (χ0) is 18.1. The van der Waals surface area contributed by atoms with Gasteiger partial charge in [-0.3, -0.25) is 9.69 Å². The van der Waals surface area contributed by atoms with E-state index in [0.717, 1.165) is 43.2 Å². The summed E-state index contributed by atoms with van der Waals surface area (Å²) in [6.45, 7) is 1.93. The second kappa shape index (κ2) is 5.54. The molecule has 0 radical (unpaired) electrons. The Morgan fingerprint density at radius 1 is 1.35 bits per heavy atom. The molecule has 4 aliphatic rings. The average Bonchev–Trinajstić information content (AvgIpc) is 3.43.